The Morgan fingerprint density at radius 1 is 0.283 bits per heavy atom. The third-order valence-electron chi connectivity index (χ3n) is 11.8. The quantitative estimate of drug-likeness (QED) is 0.150. The second-order valence-electron chi connectivity index (χ2n) is 15.3. The average molecular weight is 765 g/mol. The van der Waals surface area contributed by atoms with Crippen LogP contribution < -0.4 is 4.90 Å². The molecule has 0 aliphatic rings. The summed E-state index contributed by atoms with van der Waals surface area (Å²) in [6, 6.07) is 87.8. The van der Waals surface area contributed by atoms with Crippen molar-refractivity contribution in [2.45, 2.75) is 0 Å². The zero-order valence-electron chi connectivity index (χ0n) is 33.0. The third-order valence-corrected chi connectivity index (χ3v) is 11.8. The van der Waals surface area contributed by atoms with Crippen LogP contribution in [0.4, 0.5) is 17.1 Å². The van der Waals surface area contributed by atoms with Gasteiger partial charge in [0.1, 0.15) is 0 Å². The molecule has 282 valence electrons. The second-order valence-corrected chi connectivity index (χ2v) is 15.3. The highest BCUT2D eigenvalue weighted by molar-refractivity contribution is 6.17. The maximum absolute atomic E-state index is 2.42. The Morgan fingerprint density at radius 2 is 0.750 bits per heavy atom. The maximum Gasteiger partial charge on any atom is 0.0547 e. The van der Waals surface area contributed by atoms with Crippen LogP contribution in [0.2, 0.25) is 0 Å². The molecule has 2 nitrogen and oxygen atoms in total. The van der Waals surface area contributed by atoms with Gasteiger partial charge in [0.05, 0.1) is 16.7 Å². The molecule has 1 heterocycles. The van der Waals surface area contributed by atoms with Crippen molar-refractivity contribution in [3.05, 3.63) is 243 Å². The zero-order valence-corrected chi connectivity index (χ0v) is 33.0. The Hall–Kier alpha value is -7.94. The Bertz CT molecular complexity index is 3270. The fourth-order valence-electron chi connectivity index (χ4n) is 9.09. The summed E-state index contributed by atoms with van der Waals surface area (Å²) in [7, 11) is 0. The molecular formula is C58H40N2. The van der Waals surface area contributed by atoms with Gasteiger partial charge in [0.2, 0.25) is 0 Å². The van der Waals surface area contributed by atoms with Gasteiger partial charge < -0.3 is 9.47 Å². The van der Waals surface area contributed by atoms with Crippen LogP contribution in [-0.4, -0.2) is 4.57 Å². The van der Waals surface area contributed by atoms with Crippen molar-refractivity contribution < 1.29 is 0 Å². The second kappa shape index (κ2) is 15.1. The molecule has 1 aromatic heterocycles. The van der Waals surface area contributed by atoms with Gasteiger partial charge in [0, 0.05) is 33.4 Å². The van der Waals surface area contributed by atoms with Crippen LogP contribution in [0, 0.1) is 0 Å². The fourth-order valence-corrected chi connectivity index (χ4v) is 9.09. The van der Waals surface area contributed by atoms with E-state index in [9.17, 15) is 0 Å². The van der Waals surface area contributed by atoms with Crippen molar-refractivity contribution in [1.82, 2.24) is 4.57 Å². The van der Waals surface area contributed by atoms with E-state index in [1.54, 1.807) is 0 Å². The lowest BCUT2D eigenvalue weighted by Crippen LogP contribution is -2.11. The molecule has 11 aromatic rings. The molecule has 0 fully saturated rings. The predicted octanol–water partition coefficient (Wildman–Crippen LogP) is 16.1. The lowest BCUT2D eigenvalue weighted by molar-refractivity contribution is 1.18. The molecule has 0 aliphatic heterocycles. The molecule has 0 saturated heterocycles. The summed E-state index contributed by atoms with van der Waals surface area (Å²) in [5.74, 6) is 0. The molecule has 11 rings (SSSR count). The van der Waals surface area contributed by atoms with Gasteiger partial charge in [-0.3, -0.25) is 0 Å². The Balaban J connectivity index is 1.09. The van der Waals surface area contributed by atoms with Gasteiger partial charge >= 0.3 is 0 Å². The van der Waals surface area contributed by atoms with Crippen molar-refractivity contribution in [3.63, 3.8) is 0 Å². The molecule has 0 bridgehead atoms. The number of hydrogen-bond acceptors (Lipinski definition) is 1. The highest BCUT2D eigenvalue weighted by atomic mass is 15.1. The molecule has 0 aliphatic carbocycles. The first-order valence-electron chi connectivity index (χ1n) is 20.6. The van der Waals surface area contributed by atoms with E-state index in [0.29, 0.717) is 0 Å². The van der Waals surface area contributed by atoms with E-state index in [1.807, 2.05) is 0 Å². The number of anilines is 3. The number of fused-ring (bicyclic) bond motifs is 4. The third kappa shape index (κ3) is 6.14. The number of rotatable bonds is 8. The predicted molar refractivity (Wildman–Crippen MR) is 255 cm³/mol. The first-order chi connectivity index (χ1) is 29.8. The van der Waals surface area contributed by atoms with E-state index in [2.05, 4.69) is 252 Å². The molecule has 0 N–H and O–H groups in total. The van der Waals surface area contributed by atoms with Crippen LogP contribution >= 0.6 is 0 Å². The van der Waals surface area contributed by atoms with E-state index in [0.717, 1.165) is 28.3 Å². The minimum atomic E-state index is 1.08. The first-order valence-corrected chi connectivity index (χ1v) is 20.6. The van der Waals surface area contributed by atoms with Crippen molar-refractivity contribution in [2.75, 3.05) is 4.90 Å². The summed E-state index contributed by atoms with van der Waals surface area (Å²) >= 11 is 0. The SMILES string of the molecule is c1ccc(-c2ccc(N(c3ccc(-c4cccc5cccc(-c6ccccc6)c45)cc3)c3ccccc3-c3cccc4c3c3ccccc3n4-c3ccccc3)cc2)cc1. The summed E-state index contributed by atoms with van der Waals surface area (Å²) in [6.45, 7) is 0. The molecule has 0 atom stereocenters. The fraction of sp³-hybridized carbons (Fsp3) is 0. The molecule has 0 saturated carbocycles. The summed E-state index contributed by atoms with van der Waals surface area (Å²) < 4.78 is 2.39. The van der Waals surface area contributed by atoms with Crippen molar-refractivity contribution >= 4 is 49.6 Å². The number of hydrogen-bond donors (Lipinski definition) is 0. The number of para-hydroxylation sites is 3. The molecule has 0 unspecified atom stereocenters. The van der Waals surface area contributed by atoms with Gasteiger partial charge in [-0.05, 0) is 104 Å². The van der Waals surface area contributed by atoms with Crippen LogP contribution in [0.3, 0.4) is 0 Å². The van der Waals surface area contributed by atoms with Gasteiger partial charge in [0.25, 0.3) is 0 Å². The standard InChI is InChI=1S/C58H40N2/c1-4-17-41(18-5-1)42-33-37-47(38-34-42)59(48-39-35-44(36-40-48)50-28-15-22-45-21-14-27-49(57(45)50)43-19-6-2-7-20-43)54-30-12-10-25-51(54)52-29-16-32-56-58(52)53-26-11-13-31-55(53)60(56)46-23-8-3-9-24-46/h1-40H. The Kier molecular flexibility index (Phi) is 8.87. The topological polar surface area (TPSA) is 8.17 Å². The van der Waals surface area contributed by atoms with Crippen LogP contribution in [0.25, 0.3) is 82.8 Å². The molecule has 0 radical (unpaired) electrons. The zero-order chi connectivity index (χ0) is 39.8. The Labute approximate surface area is 350 Å². The number of nitrogens with zero attached hydrogens (tertiary/aromatic N) is 2. The summed E-state index contributed by atoms with van der Waals surface area (Å²) in [4.78, 5) is 2.42. The normalized spacial score (nSPS) is 11.3. The van der Waals surface area contributed by atoms with E-state index in [1.165, 1.54) is 71.5 Å². The molecule has 0 amide bonds. The molecule has 10 aromatic carbocycles. The first kappa shape index (κ1) is 35.2. The highest BCUT2D eigenvalue weighted by Crippen LogP contribution is 2.46. The lowest BCUT2D eigenvalue weighted by Gasteiger charge is -2.28. The molecule has 0 spiro atoms. The van der Waals surface area contributed by atoms with Crippen LogP contribution in [0.5, 0.6) is 0 Å². The largest absolute Gasteiger partial charge is 0.310 e. The minimum Gasteiger partial charge on any atom is -0.310 e. The number of benzene rings is 10. The lowest BCUT2D eigenvalue weighted by atomic mass is 9.91. The average Bonchev–Trinajstić information content (AvgIpc) is 3.67. The Morgan fingerprint density at radius 3 is 1.43 bits per heavy atom. The smallest absolute Gasteiger partial charge is 0.0547 e. The van der Waals surface area contributed by atoms with Crippen LogP contribution in [-0.2, 0) is 0 Å². The summed E-state index contributed by atoms with van der Waals surface area (Å²) in [5.41, 5.74) is 16.4. The maximum atomic E-state index is 2.42. The summed E-state index contributed by atoms with van der Waals surface area (Å²) in [6.07, 6.45) is 0. The van der Waals surface area contributed by atoms with E-state index < -0.39 is 0 Å². The van der Waals surface area contributed by atoms with Crippen LogP contribution in [0.15, 0.2) is 243 Å². The van der Waals surface area contributed by atoms with E-state index >= 15 is 0 Å². The van der Waals surface area contributed by atoms with Gasteiger partial charge in [-0.15, -0.1) is 0 Å². The number of aromatic nitrogens is 1. The van der Waals surface area contributed by atoms with Gasteiger partial charge in [-0.2, -0.15) is 0 Å². The highest BCUT2D eigenvalue weighted by Gasteiger charge is 2.22. The van der Waals surface area contributed by atoms with Crippen molar-refractivity contribution in [3.8, 4) is 50.2 Å². The van der Waals surface area contributed by atoms with Crippen molar-refractivity contribution in [2.24, 2.45) is 0 Å². The summed E-state index contributed by atoms with van der Waals surface area (Å²) in [5, 5.41) is 4.97. The van der Waals surface area contributed by atoms with Gasteiger partial charge in [-0.1, -0.05) is 188 Å². The van der Waals surface area contributed by atoms with Crippen LogP contribution in [0.1, 0.15) is 0 Å². The molecule has 2 heteroatoms. The van der Waals surface area contributed by atoms with Crippen molar-refractivity contribution in [1.29, 1.82) is 0 Å². The monoisotopic (exact) mass is 764 g/mol. The van der Waals surface area contributed by atoms with E-state index in [-0.39, 0.29) is 0 Å². The minimum absolute atomic E-state index is 1.08. The van der Waals surface area contributed by atoms with Gasteiger partial charge in [-0.25, -0.2) is 0 Å². The molecular weight excluding hydrogens is 725 g/mol. The molecule has 60 heavy (non-hydrogen) atoms. The van der Waals surface area contributed by atoms with E-state index in [4.69, 9.17) is 0 Å². The van der Waals surface area contributed by atoms with Gasteiger partial charge in [0.15, 0.2) is 0 Å².